The highest BCUT2D eigenvalue weighted by molar-refractivity contribution is 7.71. The molecule has 0 amide bonds. The van der Waals surface area contributed by atoms with Crippen LogP contribution in [0.25, 0.3) is 26.3 Å². The van der Waals surface area contributed by atoms with Crippen LogP contribution < -0.4 is 5.56 Å². The van der Waals surface area contributed by atoms with Gasteiger partial charge in [0, 0.05) is 17.3 Å². The molecule has 0 unspecified atom stereocenters. The summed E-state index contributed by atoms with van der Waals surface area (Å²) in [5.74, 6) is 0. The number of thiophene rings is 1. The molecule has 146 valence electrons. The summed E-state index contributed by atoms with van der Waals surface area (Å²) < 4.78 is 1.96. The van der Waals surface area contributed by atoms with Crippen LogP contribution in [0, 0.1) is 4.77 Å². The molecule has 0 spiro atoms. The van der Waals surface area contributed by atoms with Gasteiger partial charge in [0.2, 0.25) is 0 Å². The molecule has 0 radical (unpaired) electrons. The topological polar surface area (TPSA) is 50.7 Å². The second kappa shape index (κ2) is 7.82. The number of aromatic nitrogens is 3. The van der Waals surface area contributed by atoms with E-state index in [9.17, 15) is 4.79 Å². The molecule has 0 aliphatic rings. The highest BCUT2D eigenvalue weighted by Gasteiger charge is 2.12. The first-order valence-electron chi connectivity index (χ1n) is 9.51. The van der Waals surface area contributed by atoms with E-state index in [1.54, 1.807) is 28.3 Å². The fourth-order valence-corrected chi connectivity index (χ4v) is 4.90. The number of nitrogens with zero attached hydrogens (tertiary/aromatic N) is 2. The number of rotatable bonds is 4. The van der Waals surface area contributed by atoms with E-state index >= 15 is 0 Å². The third kappa shape index (κ3) is 3.51. The van der Waals surface area contributed by atoms with Crippen LogP contribution in [0.4, 0.5) is 0 Å². The van der Waals surface area contributed by atoms with Crippen molar-refractivity contribution in [3.63, 3.8) is 0 Å². The summed E-state index contributed by atoms with van der Waals surface area (Å²) in [5, 5.41) is 0.647. The van der Waals surface area contributed by atoms with Crippen LogP contribution >= 0.6 is 23.6 Å². The summed E-state index contributed by atoms with van der Waals surface area (Å²) in [6.07, 6.45) is 4.40. The summed E-state index contributed by atoms with van der Waals surface area (Å²) in [6, 6.07) is 23.9. The number of hydrogen-bond donors (Lipinski definition) is 1. The Morgan fingerprint density at radius 2 is 1.63 bits per heavy atom. The summed E-state index contributed by atoms with van der Waals surface area (Å²) in [7, 11) is 0. The largest absolute Gasteiger partial charge is 0.323 e. The van der Waals surface area contributed by atoms with Gasteiger partial charge in [-0.3, -0.25) is 14.3 Å². The molecule has 0 aliphatic heterocycles. The molecule has 2 aromatic carbocycles. The zero-order valence-corrected chi connectivity index (χ0v) is 17.5. The van der Waals surface area contributed by atoms with Gasteiger partial charge in [0.05, 0.1) is 11.1 Å². The van der Waals surface area contributed by atoms with E-state index in [0.717, 1.165) is 32.9 Å². The molecule has 0 bridgehead atoms. The highest BCUT2D eigenvalue weighted by atomic mass is 32.1. The Morgan fingerprint density at radius 1 is 0.933 bits per heavy atom. The first-order valence-corrected chi connectivity index (χ1v) is 10.7. The Kier molecular flexibility index (Phi) is 4.86. The number of benzene rings is 2. The van der Waals surface area contributed by atoms with E-state index in [-0.39, 0.29) is 5.56 Å². The monoisotopic (exact) mass is 427 g/mol. The molecule has 1 N–H and O–H groups in total. The van der Waals surface area contributed by atoms with Crippen molar-refractivity contribution in [2.45, 2.75) is 6.42 Å². The normalized spacial score (nSPS) is 11.1. The zero-order chi connectivity index (χ0) is 20.5. The third-order valence-electron chi connectivity index (χ3n) is 5.00. The maximum Gasteiger partial charge on any atom is 0.267 e. The van der Waals surface area contributed by atoms with Crippen LogP contribution in [0.3, 0.4) is 0 Å². The van der Waals surface area contributed by atoms with Gasteiger partial charge in [-0.05, 0) is 65.7 Å². The van der Waals surface area contributed by atoms with Gasteiger partial charge in [-0.2, -0.15) is 0 Å². The first kappa shape index (κ1) is 18.7. The minimum Gasteiger partial charge on any atom is -0.323 e. The second-order valence-corrected chi connectivity index (χ2v) is 8.43. The first-order chi connectivity index (χ1) is 14.7. The van der Waals surface area contributed by atoms with Gasteiger partial charge in [0.25, 0.3) is 5.56 Å². The molecule has 0 aliphatic carbocycles. The van der Waals surface area contributed by atoms with Crippen molar-refractivity contribution in [3.8, 4) is 16.1 Å². The molecule has 4 nitrogen and oxygen atoms in total. The summed E-state index contributed by atoms with van der Waals surface area (Å²) in [6.45, 7) is 0. The minimum atomic E-state index is -0.103. The standard InChI is InChI=1S/C24H17N3OS2/c28-23-20-15-21(18-4-2-1-3-5-18)30-22(20)26-24(29)27(23)19-8-6-16(7-9-19)14-17-10-12-25-13-11-17/h1-13,15H,14H2,(H,26,29). The second-order valence-electron chi connectivity index (χ2n) is 6.99. The molecule has 3 aromatic heterocycles. The van der Waals surface area contributed by atoms with Crippen LogP contribution in [0.5, 0.6) is 0 Å². The molecule has 5 rings (SSSR count). The highest BCUT2D eigenvalue weighted by Crippen LogP contribution is 2.31. The quantitative estimate of drug-likeness (QED) is 0.371. The summed E-state index contributed by atoms with van der Waals surface area (Å²) in [5.41, 5.74) is 4.10. The van der Waals surface area contributed by atoms with Crippen LogP contribution in [-0.4, -0.2) is 14.5 Å². The van der Waals surface area contributed by atoms with Gasteiger partial charge >= 0.3 is 0 Å². The Balaban J connectivity index is 1.54. The molecular weight excluding hydrogens is 410 g/mol. The van der Waals surface area contributed by atoms with Crippen molar-refractivity contribution >= 4 is 33.8 Å². The fraction of sp³-hybridized carbons (Fsp3) is 0.0417. The van der Waals surface area contributed by atoms with E-state index < -0.39 is 0 Å². The summed E-state index contributed by atoms with van der Waals surface area (Å²) >= 11 is 7.07. The van der Waals surface area contributed by atoms with Crippen molar-refractivity contribution in [2.24, 2.45) is 0 Å². The molecule has 6 heteroatoms. The predicted molar refractivity (Wildman–Crippen MR) is 125 cm³/mol. The predicted octanol–water partition coefficient (Wildman–Crippen LogP) is 5.76. The lowest BCUT2D eigenvalue weighted by Gasteiger charge is -2.08. The van der Waals surface area contributed by atoms with E-state index in [1.807, 2.05) is 72.8 Å². The van der Waals surface area contributed by atoms with E-state index in [0.29, 0.717) is 10.2 Å². The lowest BCUT2D eigenvalue weighted by atomic mass is 10.1. The van der Waals surface area contributed by atoms with Crippen molar-refractivity contribution in [1.29, 1.82) is 0 Å². The van der Waals surface area contributed by atoms with Crippen molar-refractivity contribution in [3.05, 3.63) is 111 Å². The Bertz CT molecular complexity index is 1430. The van der Waals surface area contributed by atoms with Gasteiger partial charge in [0.15, 0.2) is 4.77 Å². The number of H-pyrrole nitrogens is 1. The van der Waals surface area contributed by atoms with Gasteiger partial charge in [-0.1, -0.05) is 42.5 Å². The molecule has 0 saturated heterocycles. The van der Waals surface area contributed by atoms with Crippen molar-refractivity contribution < 1.29 is 0 Å². The molecule has 5 aromatic rings. The molecule has 0 fully saturated rings. The number of hydrogen-bond acceptors (Lipinski definition) is 4. The van der Waals surface area contributed by atoms with E-state index in [2.05, 4.69) is 9.97 Å². The number of aromatic amines is 1. The molecular formula is C24H17N3OS2. The molecule has 3 heterocycles. The lowest BCUT2D eigenvalue weighted by Crippen LogP contribution is -2.19. The summed E-state index contributed by atoms with van der Waals surface area (Å²) in [4.78, 5) is 22.4. The molecule has 0 saturated carbocycles. The smallest absolute Gasteiger partial charge is 0.267 e. The van der Waals surface area contributed by atoms with Gasteiger partial charge in [-0.25, -0.2) is 0 Å². The maximum absolute atomic E-state index is 13.2. The van der Waals surface area contributed by atoms with E-state index in [1.165, 1.54) is 5.56 Å². The van der Waals surface area contributed by atoms with Gasteiger partial charge in [0.1, 0.15) is 4.83 Å². The van der Waals surface area contributed by atoms with Crippen molar-refractivity contribution in [2.75, 3.05) is 0 Å². The van der Waals surface area contributed by atoms with Gasteiger partial charge < -0.3 is 4.98 Å². The molecule has 30 heavy (non-hydrogen) atoms. The van der Waals surface area contributed by atoms with E-state index in [4.69, 9.17) is 12.2 Å². The minimum absolute atomic E-state index is 0.103. The zero-order valence-electron chi connectivity index (χ0n) is 15.9. The lowest BCUT2D eigenvalue weighted by molar-refractivity contribution is 0.941. The van der Waals surface area contributed by atoms with Crippen LogP contribution in [-0.2, 0) is 6.42 Å². The molecule has 0 atom stereocenters. The van der Waals surface area contributed by atoms with Gasteiger partial charge in [-0.15, -0.1) is 11.3 Å². The number of pyridine rings is 1. The Labute approximate surface area is 182 Å². The van der Waals surface area contributed by atoms with Crippen LogP contribution in [0.2, 0.25) is 0 Å². The van der Waals surface area contributed by atoms with Crippen LogP contribution in [0.15, 0.2) is 90.0 Å². The third-order valence-corrected chi connectivity index (χ3v) is 6.38. The SMILES string of the molecule is O=c1c2cc(-c3ccccc3)sc2[nH]c(=S)n1-c1ccc(Cc2ccncc2)cc1. The Morgan fingerprint density at radius 3 is 2.37 bits per heavy atom. The average molecular weight is 428 g/mol. The number of nitrogens with one attached hydrogen (secondary N) is 1. The Hall–Kier alpha value is -3.35. The van der Waals surface area contributed by atoms with Crippen molar-refractivity contribution in [1.82, 2.24) is 14.5 Å². The average Bonchev–Trinajstić information content (AvgIpc) is 3.21. The van der Waals surface area contributed by atoms with Crippen LogP contribution in [0.1, 0.15) is 11.1 Å². The fourth-order valence-electron chi connectivity index (χ4n) is 3.49. The number of fused-ring (bicyclic) bond motifs is 1. The maximum atomic E-state index is 13.2.